The zero-order chi connectivity index (χ0) is 21.4. The molecule has 0 saturated heterocycles. The first-order valence-corrected chi connectivity index (χ1v) is 10.5. The molecule has 0 N–H and O–H groups in total. The van der Waals surface area contributed by atoms with Crippen molar-refractivity contribution in [2.45, 2.75) is 40.3 Å². The average molecular weight is 426 g/mol. The van der Waals surface area contributed by atoms with Crippen LogP contribution in [0, 0.1) is 6.92 Å². The van der Waals surface area contributed by atoms with Crippen molar-refractivity contribution < 1.29 is 13.9 Å². The molecule has 0 aliphatic carbocycles. The van der Waals surface area contributed by atoms with Crippen LogP contribution >= 0.6 is 11.3 Å². The van der Waals surface area contributed by atoms with E-state index in [0.29, 0.717) is 27.1 Å². The second kappa shape index (κ2) is 7.91. The van der Waals surface area contributed by atoms with Crippen molar-refractivity contribution >= 4 is 23.4 Å². The van der Waals surface area contributed by atoms with E-state index in [1.54, 1.807) is 47.8 Å². The molecule has 30 heavy (non-hydrogen) atoms. The van der Waals surface area contributed by atoms with Gasteiger partial charge in [-0.2, -0.15) is 5.10 Å². The number of fused-ring (bicyclic) bond motifs is 1. The normalized spacial score (nSPS) is 16.5. The molecule has 1 aliphatic heterocycles. The SMILES string of the molecule is CCOC(=O)C1=C(C)N=c2sc(=Cc3ccoc3)c(=O)n2C1c1cn(CC)nc1C. The molecule has 0 spiro atoms. The van der Waals surface area contributed by atoms with E-state index < -0.39 is 12.0 Å². The number of carbonyl (C=O) groups is 1. The van der Waals surface area contributed by atoms with Crippen molar-refractivity contribution in [3.63, 3.8) is 0 Å². The van der Waals surface area contributed by atoms with Gasteiger partial charge in [0.05, 0.1) is 40.6 Å². The van der Waals surface area contributed by atoms with Crippen LogP contribution in [0.5, 0.6) is 0 Å². The van der Waals surface area contributed by atoms with Gasteiger partial charge in [-0.25, -0.2) is 9.79 Å². The molecule has 156 valence electrons. The van der Waals surface area contributed by atoms with E-state index >= 15 is 0 Å². The number of ether oxygens (including phenoxy) is 1. The van der Waals surface area contributed by atoms with Crippen LogP contribution in [0.25, 0.3) is 6.08 Å². The molecule has 4 rings (SSSR count). The van der Waals surface area contributed by atoms with Gasteiger partial charge in [-0.3, -0.25) is 14.0 Å². The van der Waals surface area contributed by atoms with Crippen LogP contribution in [0.15, 0.2) is 50.3 Å². The number of esters is 1. The Balaban J connectivity index is 1.99. The smallest absolute Gasteiger partial charge is 0.338 e. The number of hydrogen-bond acceptors (Lipinski definition) is 7. The lowest BCUT2D eigenvalue weighted by Crippen LogP contribution is -2.40. The highest BCUT2D eigenvalue weighted by molar-refractivity contribution is 7.07. The average Bonchev–Trinajstić information content (AvgIpc) is 3.42. The minimum absolute atomic E-state index is 0.220. The van der Waals surface area contributed by atoms with E-state index in [1.807, 2.05) is 20.0 Å². The number of thiazole rings is 1. The zero-order valence-electron chi connectivity index (χ0n) is 17.2. The molecule has 0 radical (unpaired) electrons. The van der Waals surface area contributed by atoms with Crippen molar-refractivity contribution in [2.24, 2.45) is 4.99 Å². The summed E-state index contributed by atoms with van der Waals surface area (Å²) in [5, 5.41) is 4.52. The maximum absolute atomic E-state index is 13.4. The summed E-state index contributed by atoms with van der Waals surface area (Å²) in [6, 6.07) is 1.13. The molecule has 8 nitrogen and oxygen atoms in total. The first-order chi connectivity index (χ1) is 14.4. The standard InChI is InChI=1S/C21H22N4O4S/c1-5-24-10-15(12(3)23-24)18-17(20(27)29-6-2)13(4)22-21-25(18)19(26)16(30-21)9-14-7-8-28-11-14/h7-11,18H,5-6H2,1-4H3. The lowest BCUT2D eigenvalue weighted by atomic mass is 9.96. The number of carbonyl (C=O) groups excluding carboxylic acids is 1. The highest BCUT2D eigenvalue weighted by Crippen LogP contribution is 2.32. The van der Waals surface area contributed by atoms with Gasteiger partial charge in [-0.05, 0) is 39.8 Å². The quantitative estimate of drug-likeness (QED) is 0.581. The summed E-state index contributed by atoms with van der Waals surface area (Å²) < 4.78 is 14.3. The van der Waals surface area contributed by atoms with E-state index in [4.69, 9.17) is 9.15 Å². The van der Waals surface area contributed by atoms with Crippen LogP contribution in [0.3, 0.4) is 0 Å². The molecule has 0 fully saturated rings. The summed E-state index contributed by atoms with van der Waals surface area (Å²) in [5.41, 5.74) is 3.00. The molecular weight excluding hydrogens is 404 g/mol. The van der Waals surface area contributed by atoms with Crippen LogP contribution in [0.2, 0.25) is 0 Å². The molecule has 9 heteroatoms. The largest absolute Gasteiger partial charge is 0.472 e. The van der Waals surface area contributed by atoms with Crippen molar-refractivity contribution in [3.8, 4) is 0 Å². The lowest BCUT2D eigenvalue weighted by Gasteiger charge is -2.24. The van der Waals surface area contributed by atoms with Crippen molar-refractivity contribution in [1.82, 2.24) is 14.3 Å². The second-order valence-corrected chi connectivity index (χ2v) is 7.89. The molecule has 0 amide bonds. The highest BCUT2D eigenvalue weighted by atomic mass is 32.1. The van der Waals surface area contributed by atoms with Crippen LogP contribution < -0.4 is 14.9 Å². The third-order valence-corrected chi connectivity index (χ3v) is 5.94. The van der Waals surface area contributed by atoms with Gasteiger partial charge in [0.2, 0.25) is 0 Å². The molecule has 1 aliphatic rings. The fourth-order valence-corrected chi connectivity index (χ4v) is 4.60. The Morgan fingerprint density at radius 1 is 1.37 bits per heavy atom. The third kappa shape index (κ3) is 3.35. The first-order valence-electron chi connectivity index (χ1n) is 9.70. The van der Waals surface area contributed by atoms with E-state index in [-0.39, 0.29) is 12.2 Å². The summed E-state index contributed by atoms with van der Waals surface area (Å²) in [6.45, 7) is 8.30. The summed E-state index contributed by atoms with van der Waals surface area (Å²) in [5.74, 6) is -0.475. The number of aryl methyl sites for hydroxylation is 2. The van der Waals surface area contributed by atoms with E-state index in [1.165, 1.54) is 11.3 Å². The Morgan fingerprint density at radius 3 is 2.80 bits per heavy atom. The Labute approximate surface area is 176 Å². The molecule has 1 atom stereocenters. The lowest BCUT2D eigenvalue weighted by molar-refractivity contribution is -0.139. The van der Waals surface area contributed by atoms with Crippen LogP contribution in [-0.2, 0) is 16.1 Å². The zero-order valence-corrected chi connectivity index (χ0v) is 18.0. The van der Waals surface area contributed by atoms with E-state index in [2.05, 4.69) is 10.1 Å². The van der Waals surface area contributed by atoms with Crippen molar-refractivity contribution in [2.75, 3.05) is 6.61 Å². The number of hydrogen-bond donors (Lipinski definition) is 0. The van der Waals surface area contributed by atoms with Gasteiger partial charge in [0, 0.05) is 23.9 Å². The predicted molar refractivity (Wildman–Crippen MR) is 112 cm³/mol. The number of furan rings is 1. The minimum atomic E-state index is -0.646. The van der Waals surface area contributed by atoms with Gasteiger partial charge in [0.1, 0.15) is 6.04 Å². The fourth-order valence-electron chi connectivity index (χ4n) is 3.56. The van der Waals surface area contributed by atoms with Gasteiger partial charge in [-0.1, -0.05) is 11.3 Å². The molecule has 3 aromatic rings. The van der Waals surface area contributed by atoms with Gasteiger partial charge >= 0.3 is 5.97 Å². The molecule has 4 heterocycles. The van der Waals surface area contributed by atoms with Crippen LogP contribution in [-0.4, -0.2) is 26.9 Å². The second-order valence-electron chi connectivity index (χ2n) is 6.88. The molecule has 1 unspecified atom stereocenters. The van der Waals surface area contributed by atoms with Gasteiger partial charge in [-0.15, -0.1) is 0 Å². The van der Waals surface area contributed by atoms with Crippen LogP contribution in [0.1, 0.15) is 43.6 Å². The topological polar surface area (TPSA) is 91.6 Å². The number of allylic oxidation sites excluding steroid dienone is 1. The first kappa shape index (κ1) is 20.1. The Kier molecular flexibility index (Phi) is 5.29. The van der Waals surface area contributed by atoms with Crippen molar-refractivity contribution in [3.05, 3.63) is 72.6 Å². The molecular formula is C21H22N4O4S. The number of rotatable bonds is 5. The minimum Gasteiger partial charge on any atom is -0.472 e. The maximum atomic E-state index is 13.4. The monoisotopic (exact) mass is 426 g/mol. The summed E-state index contributed by atoms with van der Waals surface area (Å²) in [4.78, 5) is 31.4. The maximum Gasteiger partial charge on any atom is 0.338 e. The molecule has 3 aromatic heterocycles. The summed E-state index contributed by atoms with van der Waals surface area (Å²) in [6.07, 6.45) is 6.76. The fraction of sp³-hybridized carbons (Fsp3) is 0.333. The Hall–Kier alpha value is -3.20. The number of aromatic nitrogens is 3. The molecule has 0 saturated carbocycles. The Bertz CT molecular complexity index is 1310. The van der Waals surface area contributed by atoms with Gasteiger partial charge in [0.15, 0.2) is 4.80 Å². The molecule has 0 aromatic carbocycles. The van der Waals surface area contributed by atoms with Crippen LogP contribution in [0.4, 0.5) is 0 Å². The van der Waals surface area contributed by atoms with E-state index in [9.17, 15) is 9.59 Å². The van der Waals surface area contributed by atoms with E-state index in [0.717, 1.165) is 16.8 Å². The Morgan fingerprint density at radius 2 is 2.17 bits per heavy atom. The number of nitrogens with zero attached hydrogens (tertiary/aromatic N) is 4. The van der Waals surface area contributed by atoms with Crippen molar-refractivity contribution in [1.29, 1.82) is 0 Å². The summed E-state index contributed by atoms with van der Waals surface area (Å²) in [7, 11) is 0. The summed E-state index contributed by atoms with van der Waals surface area (Å²) >= 11 is 1.28. The predicted octanol–water partition coefficient (Wildman–Crippen LogP) is 1.92. The van der Waals surface area contributed by atoms with Gasteiger partial charge in [0.25, 0.3) is 5.56 Å². The van der Waals surface area contributed by atoms with Gasteiger partial charge < -0.3 is 9.15 Å². The molecule has 0 bridgehead atoms. The highest BCUT2D eigenvalue weighted by Gasteiger charge is 2.35. The third-order valence-electron chi connectivity index (χ3n) is 4.96.